The van der Waals surface area contributed by atoms with E-state index < -0.39 is 0 Å². The Kier molecular flexibility index (Phi) is 5.25. The summed E-state index contributed by atoms with van der Waals surface area (Å²) in [4.78, 5) is 4.37. The monoisotopic (exact) mass is 273 g/mol. The molecular weight excluding hydrogens is 258 g/mol. The molecule has 0 aromatic carbocycles. The molecule has 0 spiro atoms. The molecule has 0 unspecified atom stereocenters. The molecule has 1 aromatic heterocycles. The lowest BCUT2D eigenvalue weighted by Gasteiger charge is -2.08. The first kappa shape index (κ1) is 12.1. The molecule has 0 saturated carbocycles. The molecule has 0 saturated heterocycles. The quantitative estimate of drug-likeness (QED) is 0.653. The van der Waals surface area contributed by atoms with Gasteiger partial charge in [-0.15, -0.1) is 0 Å². The van der Waals surface area contributed by atoms with E-state index in [-0.39, 0.29) is 0 Å². The van der Waals surface area contributed by atoms with Crippen LogP contribution in [0.15, 0.2) is 26.2 Å². The van der Waals surface area contributed by atoms with Crippen molar-refractivity contribution in [3.05, 3.63) is 22.6 Å². The van der Waals surface area contributed by atoms with Gasteiger partial charge in [0.2, 0.25) is 0 Å². The van der Waals surface area contributed by atoms with E-state index in [0.29, 0.717) is 6.54 Å². The standard InChI is InChI=1S/C10H16BrN3O/c1-3-12-10(13-4-2)14-7-8-5-6-9(11)15-8/h5-6H,3-4,7H2,1-2H3,(H2,12,13,14). The Labute approximate surface area is 98.3 Å². The van der Waals surface area contributed by atoms with Crippen molar-refractivity contribution < 1.29 is 4.42 Å². The van der Waals surface area contributed by atoms with Crippen molar-refractivity contribution in [2.45, 2.75) is 20.4 Å². The maximum absolute atomic E-state index is 5.34. The first-order valence-electron chi connectivity index (χ1n) is 5.02. The lowest BCUT2D eigenvalue weighted by molar-refractivity contribution is 0.490. The molecule has 0 atom stereocenters. The fraction of sp³-hybridized carbons (Fsp3) is 0.500. The summed E-state index contributed by atoms with van der Waals surface area (Å²) in [7, 11) is 0. The summed E-state index contributed by atoms with van der Waals surface area (Å²) in [5.74, 6) is 1.66. The third kappa shape index (κ3) is 4.38. The fourth-order valence-corrected chi connectivity index (χ4v) is 1.44. The summed E-state index contributed by atoms with van der Waals surface area (Å²) in [5.41, 5.74) is 0. The van der Waals surface area contributed by atoms with Crippen LogP contribution in [0.4, 0.5) is 0 Å². The Morgan fingerprint density at radius 3 is 2.47 bits per heavy atom. The molecule has 0 amide bonds. The molecule has 5 heteroatoms. The van der Waals surface area contributed by atoms with Gasteiger partial charge in [-0.3, -0.25) is 0 Å². The van der Waals surface area contributed by atoms with Crippen LogP contribution in [0.5, 0.6) is 0 Å². The minimum absolute atomic E-state index is 0.543. The third-order valence-corrected chi connectivity index (χ3v) is 2.14. The second-order valence-corrected chi connectivity index (χ2v) is 3.71. The van der Waals surface area contributed by atoms with Crippen LogP contribution < -0.4 is 10.6 Å². The van der Waals surface area contributed by atoms with Gasteiger partial charge in [0.1, 0.15) is 12.3 Å². The lowest BCUT2D eigenvalue weighted by atomic mass is 10.4. The molecule has 1 aromatic rings. The molecule has 1 rings (SSSR count). The SMILES string of the molecule is CCNC(=NCc1ccc(Br)o1)NCC. The van der Waals surface area contributed by atoms with Crippen molar-refractivity contribution in [1.29, 1.82) is 0 Å². The number of furan rings is 1. The van der Waals surface area contributed by atoms with E-state index >= 15 is 0 Å². The van der Waals surface area contributed by atoms with Crippen LogP contribution >= 0.6 is 15.9 Å². The number of nitrogens with one attached hydrogen (secondary N) is 2. The van der Waals surface area contributed by atoms with Gasteiger partial charge in [0, 0.05) is 13.1 Å². The summed E-state index contributed by atoms with van der Waals surface area (Å²) >= 11 is 3.25. The molecule has 2 N–H and O–H groups in total. The molecule has 0 aliphatic carbocycles. The Hall–Kier alpha value is -0.970. The lowest BCUT2D eigenvalue weighted by Crippen LogP contribution is -2.36. The van der Waals surface area contributed by atoms with Crippen molar-refractivity contribution in [2.75, 3.05) is 13.1 Å². The van der Waals surface area contributed by atoms with Crippen molar-refractivity contribution in [3.8, 4) is 0 Å². The Morgan fingerprint density at radius 2 is 2.00 bits per heavy atom. The summed E-state index contributed by atoms with van der Waals surface area (Å²) in [6.45, 7) is 6.33. The van der Waals surface area contributed by atoms with Crippen LogP contribution in [0, 0.1) is 0 Å². The van der Waals surface area contributed by atoms with E-state index in [4.69, 9.17) is 4.42 Å². The smallest absolute Gasteiger partial charge is 0.191 e. The second-order valence-electron chi connectivity index (χ2n) is 2.93. The van der Waals surface area contributed by atoms with Crippen LogP contribution in [0.1, 0.15) is 19.6 Å². The fourth-order valence-electron chi connectivity index (χ4n) is 1.10. The highest BCUT2D eigenvalue weighted by Gasteiger charge is 1.99. The van der Waals surface area contributed by atoms with Crippen molar-refractivity contribution in [1.82, 2.24) is 10.6 Å². The predicted molar refractivity (Wildman–Crippen MR) is 64.9 cm³/mol. The normalized spacial score (nSPS) is 9.80. The molecular formula is C10H16BrN3O. The molecule has 1 heterocycles. The number of aliphatic imine (C=N–C) groups is 1. The number of rotatable bonds is 4. The minimum atomic E-state index is 0.543. The van der Waals surface area contributed by atoms with Gasteiger partial charge in [0.05, 0.1) is 0 Å². The van der Waals surface area contributed by atoms with Crippen molar-refractivity contribution in [3.63, 3.8) is 0 Å². The van der Waals surface area contributed by atoms with Gasteiger partial charge >= 0.3 is 0 Å². The highest BCUT2D eigenvalue weighted by atomic mass is 79.9. The molecule has 4 nitrogen and oxygen atoms in total. The Bertz CT molecular complexity index is 314. The topological polar surface area (TPSA) is 49.6 Å². The van der Waals surface area contributed by atoms with Gasteiger partial charge in [0.25, 0.3) is 0 Å². The summed E-state index contributed by atoms with van der Waals surface area (Å²) in [5, 5.41) is 6.29. The predicted octanol–water partition coefficient (Wildman–Crippen LogP) is 2.12. The number of hydrogen-bond acceptors (Lipinski definition) is 2. The third-order valence-electron chi connectivity index (χ3n) is 1.71. The molecule has 0 fully saturated rings. The second kappa shape index (κ2) is 6.50. The Balaban J connectivity index is 2.52. The summed E-state index contributed by atoms with van der Waals surface area (Å²) in [6.07, 6.45) is 0. The summed E-state index contributed by atoms with van der Waals surface area (Å²) in [6, 6.07) is 3.77. The molecule has 15 heavy (non-hydrogen) atoms. The van der Waals surface area contributed by atoms with Crippen LogP contribution in [0.25, 0.3) is 0 Å². The van der Waals surface area contributed by atoms with Crippen LogP contribution in [-0.4, -0.2) is 19.0 Å². The molecule has 84 valence electrons. The summed E-state index contributed by atoms with van der Waals surface area (Å²) < 4.78 is 6.08. The molecule has 0 radical (unpaired) electrons. The zero-order valence-corrected chi connectivity index (χ0v) is 10.6. The van der Waals surface area contributed by atoms with E-state index in [0.717, 1.165) is 29.5 Å². The highest BCUT2D eigenvalue weighted by molar-refractivity contribution is 9.10. The maximum atomic E-state index is 5.34. The largest absolute Gasteiger partial charge is 0.452 e. The average Bonchev–Trinajstić information content (AvgIpc) is 2.61. The van der Waals surface area contributed by atoms with Crippen molar-refractivity contribution in [2.24, 2.45) is 4.99 Å². The zero-order valence-electron chi connectivity index (χ0n) is 9.01. The van der Waals surface area contributed by atoms with Crippen LogP contribution in [-0.2, 0) is 6.54 Å². The number of guanidine groups is 1. The molecule has 0 bridgehead atoms. The van der Waals surface area contributed by atoms with E-state index in [1.54, 1.807) is 0 Å². The molecule has 0 aliphatic heterocycles. The van der Waals surface area contributed by atoms with Crippen molar-refractivity contribution >= 4 is 21.9 Å². The van der Waals surface area contributed by atoms with E-state index in [9.17, 15) is 0 Å². The zero-order chi connectivity index (χ0) is 11.1. The van der Waals surface area contributed by atoms with Gasteiger partial charge in [0.15, 0.2) is 10.6 Å². The Morgan fingerprint density at radius 1 is 1.33 bits per heavy atom. The minimum Gasteiger partial charge on any atom is -0.452 e. The number of halogens is 1. The van der Waals surface area contributed by atoms with Gasteiger partial charge in [-0.05, 0) is 41.9 Å². The van der Waals surface area contributed by atoms with Gasteiger partial charge in [-0.25, -0.2) is 4.99 Å². The van der Waals surface area contributed by atoms with E-state index in [1.165, 1.54) is 0 Å². The van der Waals surface area contributed by atoms with Crippen LogP contribution in [0.3, 0.4) is 0 Å². The van der Waals surface area contributed by atoms with E-state index in [1.807, 2.05) is 26.0 Å². The van der Waals surface area contributed by atoms with Gasteiger partial charge in [-0.1, -0.05) is 0 Å². The number of nitrogens with zero attached hydrogens (tertiary/aromatic N) is 1. The first-order chi connectivity index (χ1) is 7.26. The highest BCUT2D eigenvalue weighted by Crippen LogP contribution is 2.14. The maximum Gasteiger partial charge on any atom is 0.191 e. The van der Waals surface area contributed by atoms with E-state index in [2.05, 4.69) is 31.6 Å². The first-order valence-corrected chi connectivity index (χ1v) is 5.82. The molecule has 0 aliphatic rings. The van der Waals surface area contributed by atoms with Gasteiger partial charge in [-0.2, -0.15) is 0 Å². The number of hydrogen-bond donors (Lipinski definition) is 2. The average molecular weight is 274 g/mol. The van der Waals surface area contributed by atoms with Gasteiger partial charge < -0.3 is 15.1 Å². The van der Waals surface area contributed by atoms with Crippen LogP contribution in [0.2, 0.25) is 0 Å².